The van der Waals surface area contributed by atoms with Crippen molar-refractivity contribution in [2.24, 2.45) is 0 Å². The second-order valence-electron chi connectivity index (χ2n) is 8.00. The van der Waals surface area contributed by atoms with Gasteiger partial charge in [0.2, 0.25) is 0 Å². The Morgan fingerprint density at radius 1 is 1.00 bits per heavy atom. The predicted molar refractivity (Wildman–Crippen MR) is 133 cm³/mol. The van der Waals surface area contributed by atoms with E-state index in [1.807, 2.05) is 54.6 Å². The number of benzene rings is 2. The molecule has 0 saturated carbocycles. The van der Waals surface area contributed by atoms with E-state index in [-0.39, 0.29) is 12.1 Å². The van der Waals surface area contributed by atoms with E-state index in [0.717, 1.165) is 34.0 Å². The second-order valence-corrected chi connectivity index (χ2v) is 8.82. The summed E-state index contributed by atoms with van der Waals surface area (Å²) in [6.45, 7) is 4.13. The Balaban J connectivity index is 1.62. The minimum Gasteiger partial charge on any atom is -0.459 e. The average Bonchev–Trinajstić information content (AvgIpc) is 3.40. The topological polar surface area (TPSA) is 41.3 Å². The molecule has 1 fully saturated rings. The van der Waals surface area contributed by atoms with Crippen molar-refractivity contribution in [3.63, 3.8) is 0 Å². The summed E-state index contributed by atoms with van der Waals surface area (Å²) in [6.07, 6.45) is 1.80. The molecule has 1 aliphatic heterocycles. The third-order valence-corrected chi connectivity index (χ3v) is 6.31. The SMILES string of the molecule is Cc1cccc(N2C(=S)N[C@H](c3ccccn3)[C@@H]2c2ccc(-c3cc(Cl)ccc3C)o2)c1. The highest BCUT2D eigenvalue weighted by Gasteiger charge is 2.42. The van der Waals surface area contributed by atoms with Crippen molar-refractivity contribution in [1.82, 2.24) is 10.3 Å². The van der Waals surface area contributed by atoms with Gasteiger partial charge in [0.1, 0.15) is 17.6 Å². The first-order valence-corrected chi connectivity index (χ1v) is 11.2. The Morgan fingerprint density at radius 2 is 1.88 bits per heavy atom. The lowest BCUT2D eigenvalue weighted by atomic mass is 10.0. The summed E-state index contributed by atoms with van der Waals surface area (Å²) in [5.41, 5.74) is 5.18. The highest BCUT2D eigenvalue weighted by atomic mass is 35.5. The fraction of sp³-hybridized carbons (Fsp3) is 0.154. The molecule has 6 heteroatoms. The van der Waals surface area contributed by atoms with E-state index < -0.39 is 0 Å². The van der Waals surface area contributed by atoms with Crippen LogP contribution in [-0.4, -0.2) is 10.1 Å². The third-order valence-electron chi connectivity index (χ3n) is 5.76. The maximum Gasteiger partial charge on any atom is 0.174 e. The van der Waals surface area contributed by atoms with Gasteiger partial charge in [0.05, 0.1) is 11.7 Å². The Labute approximate surface area is 197 Å². The van der Waals surface area contributed by atoms with E-state index in [2.05, 4.69) is 47.2 Å². The first-order valence-electron chi connectivity index (χ1n) is 10.4. The molecule has 2 aromatic carbocycles. The van der Waals surface area contributed by atoms with Gasteiger partial charge in [0.25, 0.3) is 0 Å². The van der Waals surface area contributed by atoms with Gasteiger partial charge >= 0.3 is 0 Å². The van der Waals surface area contributed by atoms with Gasteiger partial charge in [-0.1, -0.05) is 35.9 Å². The summed E-state index contributed by atoms with van der Waals surface area (Å²) < 4.78 is 6.44. The molecule has 1 N–H and O–H groups in total. The van der Waals surface area contributed by atoms with Gasteiger partial charge < -0.3 is 14.6 Å². The molecule has 4 nitrogen and oxygen atoms in total. The van der Waals surface area contributed by atoms with Gasteiger partial charge in [0, 0.05) is 22.5 Å². The summed E-state index contributed by atoms with van der Waals surface area (Å²) >= 11 is 12.0. The van der Waals surface area contributed by atoms with Crippen molar-refractivity contribution in [2.45, 2.75) is 25.9 Å². The monoisotopic (exact) mass is 459 g/mol. The lowest BCUT2D eigenvalue weighted by Gasteiger charge is -2.26. The number of aromatic nitrogens is 1. The molecule has 0 radical (unpaired) electrons. The smallest absolute Gasteiger partial charge is 0.174 e. The summed E-state index contributed by atoms with van der Waals surface area (Å²) in [5.74, 6) is 1.59. The fourth-order valence-corrected chi connectivity index (χ4v) is 4.73. The summed E-state index contributed by atoms with van der Waals surface area (Å²) in [6, 6.07) is 23.7. The molecule has 1 aliphatic rings. The van der Waals surface area contributed by atoms with Crippen molar-refractivity contribution >= 4 is 34.6 Å². The molecule has 5 rings (SSSR count). The second kappa shape index (κ2) is 8.41. The van der Waals surface area contributed by atoms with Crippen LogP contribution in [0, 0.1) is 13.8 Å². The van der Waals surface area contributed by atoms with Crippen LogP contribution in [0.5, 0.6) is 0 Å². The Kier molecular flexibility index (Phi) is 5.45. The van der Waals surface area contributed by atoms with Crippen LogP contribution in [0.4, 0.5) is 5.69 Å². The van der Waals surface area contributed by atoms with Crippen molar-refractivity contribution in [3.8, 4) is 11.3 Å². The number of pyridine rings is 1. The van der Waals surface area contributed by atoms with E-state index in [4.69, 9.17) is 28.2 Å². The average molecular weight is 460 g/mol. The van der Waals surface area contributed by atoms with Gasteiger partial charge in [0.15, 0.2) is 5.11 Å². The Hall–Kier alpha value is -3.15. The number of nitrogens with one attached hydrogen (secondary N) is 1. The predicted octanol–water partition coefficient (Wildman–Crippen LogP) is 6.79. The van der Waals surface area contributed by atoms with Crippen LogP contribution >= 0.6 is 23.8 Å². The zero-order valence-corrected chi connectivity index (χ0v) is 19.3. The van der Waals surface area contributed by atoms with Crippen LogP contribution in [0.25, 0.3) is 11.3 Å². The molecule has 0 spiro atoms. The molecular formula is C26H22ClN3OS. The molecule has 0 unspecified atom stereocenters. The number of halogens is 1. The molecule has 3 heterocycles. The number of furan rings is 1. The van der Waals surface area contributed by atoms with E-state index in [1.54, 1.807) is 6.20 Å². The molecule has 0 aliphatic carbocycles. The standard InChI is InChI=1S/C26H22ClN3OS/c1-16-6-5-7-19(14-16)30-25(24(29-26(30)32)21-8-3-4-13-28-21)23-12-11-22(31-23)20-15-18(27)10-9-17(20)2/h3-15,24-25H,1-2H3,(H,29,32)/t24-,25+/m1/s1. The Bertz CT molecular complexity index is 1290. The summed E-state index contributed by atoms with van der Waals surface area (Å²) in [7, 11) is 0. The minimum absolute atomic E-state index is 0.149. The number of rotatable bonds is 4. The van der Waals surface area contributed by atoms with Gasteiger partial charge in [-0.15, -0.1) is 0 Å². The van der Waals surface area contributed by atoms with E-state index >= 15 is 0 Å². The molecule has 2 atom stereocenters. The van der Waals surface area contributed by atoms with Crippen molar-refractivity contribution in [2.75, 3.05) is 4.90 Å². The largest absolute Gasteiger partial charge is 0.459 e. The van der Waals surface area contributed by atoms with Crippen molar-refractivity contribution in [3.05, 3.63) is 107 Å². The van der Waals surface area contributed by atoms with E-state index in [1.165, 1.54) is 5.56 Å². The number of nitrogens with zero attached hydrogens (tertiary/aromatic N) is 2. The quantitative estimate of drug-likeness (QED) is 0.340. The molecular weight excluding hydrogens is 438 g/mol. The van der Waals surface area contributed by atoms with E-state index in [9.17, 15) is 0 Å². The summed E-state index contributed by atoms with van der Waals surface area (Å²) in [4.78, 5) is 6.72. The fourth-order valence-electron chi connectivity index (χ4n) is 4.22. The lowest BCUT2D eigenvalue weighted by Crippen LogP contribution is -2.29. The van der Waals surface area contributed by atoms with Crippen molar-refractivity contribution < 1.29 is 4.42 Å². The minimum atomic E-state index is -0.188. The number of aryl methyl sites for hydroxylation is 2. The summed E-state index contributed by atoms with van der Waals surface area (Å²) in [5, 5.41) is 4.80. The van der Waals surface area contributed by atoms with Crippen LogP contribution < -0.4 is 10.2 Å². The molecule has 4 aromatic rings. The van der Waals surface area contributed by atoms with E-state index in [0.29, 0.717) is 10.1 Å². The van der Waals surface area contributed by atoms with Crippen LogP contribution in [0.3, 0.4) is 0 Å². The van der Waals surface area contributed by atoms with Gasteiger partial charge in [-0.25, -0.2) is 0 Å². The first-order chi connectivity index (χ1) is 15.5. The highest BCUT2D eigenvalue weighted by molar-refractivity contribution is 7.80. The van der Waals surface area contributed by atoms with Crippen molar-refractivity contribution in [1.29, 1.82) is 0 Å². The number of thiocarbonyl (C=S) groups is 1. The normalized spacial score (nSPS) is 18.1. The maximum absolute atomic E-state index is 6.44. The van der Waals surface area contributed by atoms with Gasteiger partial charge in [-0.3, -0.25) is 4.98 Å². The number of hydrogen-bond acceptors (Lipinski definition) is 3. The Morgan fingerprint density at radius 3 is 2.66 bits per heavy atom. The van der Waals surface area contributed by atoms with Crippen LogP contribution in [0.15, 0.2) is 83.4 Å². The molecule has 2 aromatic heterocycles. The first kappa shape index (κ1) is 20.7. The maximum atomic E-state index is 6.44. The molecule has 32 heavy (non-hydrogen) atoms. The molecule has 160 valence electrons. The molecule has 0 amide bonds. The number of anilines is 1. The zero-order chi connectivity index (χ0) is 22.2. The highest BCUT2D eigenvalue weighted by Crippen LogP contribution is 2.43. The van der Waals surface area contributed by atoms with Crippen LogP contribution in [0.2, 0.25) is 5.02 Å². The number of hydrogen-bond donors (Lipinski definition) is 1. The van der Waals surface area contributed by atoms with Crippen LogP contribution in [-0.2, 0) is 0 Å². The molecule has 0 bridgehead atoms. The van der Waals surface area contributed by atoms with Gasteiger partial charge in [-0.05, 0) is 85.7 Å². The molecule has 1 saturated heterocycles. The van der Waals surface area contributed by atoms with Crippen LogP contribution in [0.1, 0.15) is 34.7 Å². The lowest BCUT2D eigenvalue weighted by molar-refractivity contribution is 0.439. The third kappa shape index (κ3) is 3.78. The van der Waals surface area contributed by atoms with Gasteiger partial charge in [-0.2, -0.15) is 0 Å². The zero-order valence-electron chi connectivity index (χ0n) is 17.7.